The number of ketones is 2. The fraction of sp³-hybridized carbons (Fsp3) is 0.278. The number of rotatable bonds is 5. The van der Waals surface area contributed by atoms with Crippen LogP contribution in [0.1, 0.15) is 53.8 Å². The molecule has 1 aromatic rings. The topological polar surface area (TPSA) is 77.2 Å². The van der Waals surface area contributed by atoms with Crippen LogP contribution in [0.25, 0.3) is 0 Å². The molecule has 0 atom stereocenters. The Balaban J connectivity index is 2.50. The van der Waals surface area contributed by atoms with Crippen molar-refractivity contribution in [1.82, 2.24) is 0 Å². The van der Waals surface area contributed by atoms with E-state index in [9.17, 15) is 14.4 Å². The number of fused-ring (bicyclic) bond motifs is 1. The molecule has 4 nitrogen and oxygen atoms in total. The molecular formula is C18H19NO3. The van der Waals surface area contributed by atoms with E-state index in [1.165, 1.54) is 6.08 Å². The molecule has 2 rings (SSSR count). The largest absolute Gasteiger partial charge is 0.366 e. The molecule has 22 heavy (non-hydrogen) atoms. The first kappa shape index (κ1) is 15.9. The molecule has 0 aliphatic heterocycles. The second-order valence-electron chi connectivity index (χ2n) is 5.38. The number of carbonyl (C=O) groups is 3. The van der Waals surface area contributed by atoms with Gasteiger partial charge in [0.2, 0.25) is 5.91 Å². The van der Waals surface area contributed by atoms with E-state index in [1.807, 2.05) is 6.92 Å². The zero-order chi connectivity index (χ0) is 16.3. The average molecular weight is 297 g/mol. The molecular weight excluding hydrogens is 278 g/mol. The van der Waals surface area contributed by atoms with Crippen LogP contribution in [0.15, 0.2) is 47.1 Å². The SMILES string of the molecule is CCCC/C(=C\C1=C(C)C(=O)c2ccccc2C1=O)C(N)=O. The van der Waals surface area contributed by atoms with E-state index < -0.39 is 5.91 Å². The Hall–Kier alpha value is -2.49. The highest BCUT2D eigenvalue weighted by molar-refractivity contribution is 6.28. The minimum absolute atomic E-state index is 0.180. The molecule has 114 valence electrons. The molecule has 0 radical (unpaired) electrons. The van der Waals surface area contributed by atoms with Gasteiger partial charge in [-0.25, -0.2) is 0 Å². The highest BCUT2D eigenvalue weighted by atomic mass is 16.1. The standard InChI is InChI=1S/C18H19NO3/c1-3-4-7-12(18(19)22)10-15-11(2)16(20)13-8-5-6-9-14(13)17(15)21/h5-6,8-10H,3-4,7H2,1-2H3,(H2,19,22)/b12-10+. The molecule has 4 heteroatoms. The maximum absolute atomic E-state index is 12.6. The van der Waals surface area contributed by atoms with Crippen LogP contribution < -0.4 is 5.73 Å². The zero-order valence-electron chi connectivity index (χ0n) is 12.8. The van der Waals surface area contributed by atoms with E-state index >= 15 is 0 Å². The van der Waals surface area contributed by atoms with Gasteiger partial charge in [0.25, 0.3) is 0 Å². The molecule has 0 fully saturated rings. The minimum atomic E-state index is -0.548. The van der Waals surface area contributed by atoms with Gasteiger partial charge in [-0.1, -0.05) is 37.6 Å². The number of carbonyl (C=O) groups excluding carboxylic acids is 3. The molecule has 0 heterocycles. The molecule has 0 spiro atoms. The van der Waals surface area contributed by atoms with Gasteiger partial charge < -0.3 is 5.73 Å². The molecule has 0 bridgehead atoms. The highest BCUT2D eigenvalue weighted by Gasteiger charge is 2.28. The third kappa shape index (κ3) is 2.91. The number of amides is 1. The van der Waals surface area contributed by atoms with Gasteiger partial charge in [0.15, 0.2) is 11.6 Å². The molecule has 0 saturated carbocycles. The Labute approximate surface area is 129 Å². The van der Waals surface area contributed by atoms with E-state index in [4.69, 9.17) is 5.73 Å². The Morgan fingerprint density at radius 3 is 2.27 bits per heavy atom. The summed E-state index contributed by atoms with van der Waals surface area (Å²) in [6.45, 7) is 3.62. The number of primary amides is 1. The molecule has 1 aromatic carbocycles. The number of nitrogens with two attached hydrogens (primary N) is 1. The second-order valence-corrected chi connectivity index (χ2v) is 5.38. The molecule has 2 N–H and O–H groups in total. The normalized spacial score (nSPS) is 15.1. The summed E-state index contributed by atoms with van der Waals surface area (Å²) in [5.74, 6) is -0.962. The van der Waals surface area contributed by atoms with Crippen LogP contribution >= 0.6 is 0 Å². The van der Waals surface area contributed by atoms with Crippen LogP contribution in [0.3, 0.4) is 0 Å². The van der Waals surface area contributed by atoms with Crippen LogP contribution in [0, 0.1) is 0 Å². The first-order valence-electron chi connectivity index (χ1n) is 7.37. The lowest BCUT2D eigenvalue weighted by Gasteiger charge is -2.17. The molecule has 0 saturated heterocycles. The fourth-order valence-corrected chi connectivity index (χ4v) is 2.50. The summed E-state index contributed by atoms with van der Waals surface area (Å²) in [5, 5.41) is 0. The Kier molecular flexibility index (Phi) is 4.71. The van der Waals surface area contributed by atoms with Crippen molar-refractivity contribution in [1.29, 1.82) is 0 Å². The van der Waals surface area contributed by atoms with Gasteiger partial charge in [-0.2, -0.15) is 0 Å². The Morgan fingerprint density at radius 1 is 1.14 bits per heavy atom. The van der Waals surface area contributed by atoms with Gasteiger partial charge in [0.1, 0.15) is 0 Å². The monoisotopic (exact) mass is 297 g/mol. The van der Waals surface area contributed by atoms with Crippen molar-refractivity contribution in [2.45, 2.75) is 33.1 Å². The fourth-order valence-electron chi connectivity index (χ4n) is 2.50. The maximum atomic E-state index is 12.6. The second kappa shape index (κ2) is 6.52. The lowest BCUT2D eigenvalue weighted by molar-refractivity contribution is -0.114. The van der Waals surface area contributed by atoms with E-state index in [-0.39, 0.29) is 17.1 Å². The summed E-state index contributed by atoms with van der Waals surface area (Å²) >= 11 is 0. The highest BCUT2D eigenvalue weighted by Crippen LogP contribution is 2.28. The van der Waals surface area contributed by atoms with Crippen LogP contribution in [-0.4, -0.2) is 17.5 Å². The molecule has 1 amide bonds. The predicted molar refractivity (Wildman–Crippen MR) is 84.6 cm³/mol. The molecule has 0 aromatic heterocycles. The Morgan fingerprint density at radius 2 is 1.73 bits per heavy atom. The zero-order valence-corrected chi connectivity index (χ0v) is 12.8. The quantitative estimate of drug-likeness (QED) is 0.849. The van der Waals surface area contributed by atoms with Crippen molar-refractivity contribution in [2.24, 2.45) is 5.73 Å². The maximum Gasteiger partial charge on any atom is 0.244 e. The average Bonchev–Trinajstić information content (AvgIpc) is 2.52. The third-order valence-corrected chi connectivity index (χ3v) is 3.84. The van der Waals surface area contributed by atoms with E-state index in [1.54, 1.807) is 31.2 Å². The summed E-state index contributed by atoms with van der Waals surface area (Å²) in [7, 11) is 0. The van der Waals surface area contributed by atoms with Crippen LogP contribution in [0.2, 0.25) is 0 Å². The summed E-state index contributed by atoms with van der Waals surface area (Å²) in [6, 6.07) is 6.73. The van der Waals surface area contributed by atoms with Crippen molar-refractivity contribution < 1.29 is 14.4 Å². The summed E-state index contributed by atoms with van der Waals surface area (Å²) in [4.78, 5) is 36.5. The minimum Gasteiger partial charge on any atom is -0.366 e. The summed E-state index contributed by atoms with van der Waals surface area (Å²) in [5.41, 5.74) is 7.20. The molecule has 1 aliphatic carbocycles. The van der Waals surface area contributed by atoms with Crippen molar-refractivity contribution in [2.75, 3.05) is 0 Å². The third-order valence-electron chi connectivity index (χ3n) is 3.84. The van der Waals surface area contributed by atoms with Gasteiger partial charge in [-0.15, -0.1) is 0 Å². The smallest absolute Gasteiger partial charge is 0.244 e. The van der Waals surface area contributed by atoms with E-state index in [0.717, 1.165) is 12.8 Å². The number of benzene rings is 1. The van der Waals surface area contributed by atoms with Crippen molar-refractivity contribution in [3.8, 4) is 0 Å². The van der Waals surface area contributed by atoms with Gasteiger partial charge >= 0.3 is 0 Å². The number of unbranched alkanes of at least 4 members (excludes halogenated alkanes) is 1. The lowest BCUT2D eigenvalue weighted by Crippen LogP contribution is -2.21. The summed E-state index contributed by atoms with van der Waals surface area (Å²) < 4.78 is 0. The number of Topliss-reactive ketones (excluding diaryl/α,β-unsaturated/α-hetero) is 2. The van der Waals surface area contributed by atoms with Crippen LogP contribution in [0.4, 0.5) is 0 Å². The first-order chi connectivity index (χ1) is 10.5. The van der Waals surface area contributed by atoms with E-state index in [0.29, 0.717) is 28.7 Å². The van der Waals surface area contributed by atoms with Gasteiger partial charge in [0.05, 0.1) is 0 Å². The predicted octanol–water partition coefficient (Wildman–Crippen LogP) is 2.98. The van der Waals surface area contributed by atoms with Crippen LogP contribution in [0.5, 0.6) is 0 Å². The van der Waals surface area contributed by atoms with Gasteiger partial charge in [-0.05, 0) is 25.8 Å². The van der Waals surface area contributed by atoms with Crippen molar-refractivity contribution >= 4 is 17.5 Å². The van der Waals surface area contributed by atoms with Gasteiger partial charge in [0, 0.05) is 27.8 Å². The number of allylic oxidation sites excluding steroid dienone is 3. The number of hydrogen-bond acceptors (Lipinski definition) is 3. The van der Waals surface area contributed by atoms with E-state index in [2.05, 4.69) is 0 Å². The van der Waals surface area contributed by atoms with Crippen molar-refractivity contribution in [3.05, 3.63) is 58.2 Å². The first-order valence-corrected chi connectivity index (χ1v) is 7.37. The lowest BCUT2D eigenvalue weighted by atomic mass is 9.83. The van der Waals surface area contributed by atoms with Crippen LogP contribution in [-0.2, 0) is 4.79 Å². The molecule has 0 unspecified atom stereocenters. The molecule has 1 aliphatic rings. The Bertz CT molecular complexity index is 711. The van der Waals surface area contributed by atoms with Crippen molar-refractivity contribution in [3.63, 3.8) is 0 Å². The number of hydrogen-bond donors (Lipinski definition) is 1. The summed E-state index contributed by atoms with van der Waals surface area (Å²) in [6.07, 6.45) is 3.72. The van der Waals surface area contributed by atoms with Gasteiger partial charge in [-0.3, -0.25) is 14.4 Å².